The number of pyridine rings is 1. The van der Waals surface area contributed by atoms with E-state index in [1.54, 1.807) is 6.20 Å². The number of aromatic nitrogens is 3. The zero-order valence-electron chi connectivity index (χ0n) is 21.0. The Labute approximate surface area is 205 Å². The highest BCUT2D eigenvalue weighted by Crippen LogP contribution is 2.32. The van der Waals surface area contributed by atoms with Crippen molar-refractivity contribution >= 4 is 28.3 Å². The topological polar surface area (TPSA) is 79.4 Å². The van der Waals surface area contributed by atoms with Gasteiger partial charge in [-0.2, -0.15) is 5.10 Å². The van der Waals surface area contributed by atoms with E-state index in [-0.39, 0.29) is 11.9 Å². The van der Waals surface area contributed by atoms with Crippen molar-refractivity contribution in [3.63, 3.8) is 0 Å². The summed E-state index contributed by atoms with van der Waals surface area (Å²) in [6, 6.07) is 11.9. The normalized spacial score (nSPS) is 14.7. The van der Waals surface area contributed by atoms with Gasteiger partial charge in [-0.3, -0.25) is 4.79 Å². The molecule has 0 atom stereocenters. The molecule has 0 unspecified atom stereocenters. The standard InChI is InChI=1S/C27H32N6O2/c1-17(2)33-26-22(16-28-33)21(15-24(29-26)20-14-18(3)35-19(20)4)27(34)30-23-8-6-7-9-25(23)32-12-10-31(5)11-13-32/h6-9,14-17H,10-13H2,1-5H3,(H,30,34). The first-order valence-corrected chi connectivity index (χ1v) is 12.1. The number of benzene rings is 1. The van der Waals surface area contributed by atoms with Crippen molar-refractivity contribution < 1.29 is 9.21 Å². The quantitative estimate of drug-likeness (QED) is 0.445. The number of aryl methyl sites for hydroxylation is 2. The Bertz CT molecular complexity index is 1380. The van der Waals surface area contributed by atoms with Crippen LogP contribution in [0.15, 0.2) is 47.0 Å². The number of carbonyl (C=O) groups excluding carboxylic acids is 1. The van der Waals surface area contributed by atoms with E-state index in [1.807, 2.05) is 48.9 Å². The lowest BCUT2D eigenvalue weighted by molar-refractivity contribution is 0.102. The number of amides is 1. The number of anilines is 2. The Morgan fingerprint density at radius 2 is 1.83 bits per heavy atom. The van der Waals surface area contributed by atoms with Crippen molar-refractivity contribution in [2.45, 2.75) is 33.7 Å². The molecule has 0 aliphatic carbocycles. The first-order chi connectivity index (χ1) is 16.8. The highest BCUT2D eigenvalue weighted by atomic mass is 16.3. The number of fused-ring (bicyclic) bond motifs is 1. The third kappa shape index (κ3) is 4.41. The number of hydrogen-bond acceptors (Lipinski definition) is 6. The highest BCUT2D eigenvalue weighted by Gasteiger charge is 2.22. The maximum atomic E-state index is 13.7. The number of carbonyl (C=O) groups is 1. The van der Waals surface area contributed by atoms with E-state index in [9.17, 15) is 4.79 Å². The van der Waals surface area contributed by atoms with Crippen LogP contribution >= 0.6 is 0 Å². The van der Waals surface area contributed by atoms with Gasteiger partial charge in [0.25, 0.3) is 5.91 Å². The van der Waals surface area contributed by atoms with Crippen LogP contribution in [0.5, 0.6) is 0 Å². The average molecular weight is 473 g/mol. The fourth-order valence-electron chi connectivity index (χ4n) is 4.70. The second-order valence-corrected chi connectivity index (χ2v) is 9.56. The molecule has 0 radical (unpaired) electrons. The minimum Gasteiger partial charge on any atom is -0.466 e. The number of piperazine rings is 1. The van der Waals surface area contributed by atoms with Gasteiger partial charge >= 0.3 is 0 Å². The molecule has 4 aromatic rings. The minimum absolute atomic E-state index is 0.108. The van der Waals surface area contributed by atoms with Crippen LogP contribution in [0, 0.1) is 13.8 Å². The van der Waals surface area contributed by atoms with Crippen molar-refractivity contribution in [1.29, 1.82) is 0 Å². The Morgan fingerprint density at radius 1 is 1.09 bits per heavy atom. The first kappa shape index (κ1) is 23.1. The Balaban J connectivity index is 1.56. The van der Waals surface area contributed by atoms with Gasteiger partial charge in [-0.05, 0) is 59.0 Å². The molecule has 1 fully saturated rings. The fraction of sp³-hybridized carbons (Fsp3) is 0.370. The molecule has 1 saturated heterocycles. The number of hydrogen-bond donors (Lipinski definition) is 1. The summed E-state index contributed by atoms with van der Waals surface area (Å²) in [5.41, 5.74) is 4.66. The fourth-order valence-corrected chi connectivity index (χ4v) is 4.70. The molecule has 0 bridgehead atoms. The van der Waals surface area contributed by atoms with Crippen LogP contribution in [0.25, 0.3) is 22.3 Å². The van der Waals surface area contributed by atoms with E-state index in [2.05, 4.69) is 47.2 Å². The van der Waals surface area contributed by atoms with Gasteiger partial charge in [-0.25, -0.2) is 9.67 Å². The van der Waals surface area contributed by atoms with Crippen LogP contribution in [0.2, 0.25) is 0 Å². The van der Waals surface area contributed by atoms with Crippen molar-refractivity contribution in [3.05, 3.63) is 59.7 Å². The van der Waals surface area contributed by atoms with Gasteiger partial charge in [0.05, 0.1) is 34.2 Å². The zero-order valence-corrected chi connectivity index (χ0v) is 21.0. The second kappa shape index (κ2) is 9.19. The van der Waals surface area contributed by atoms with E-state index in [1.165, 1.54) is 0 Å². The van der Waals surface area contributed by atoms with E-state index in [0.29, 0.717) is 16.9 Å². The van der Waals surface area contributed by atoms with Crippen LogP contribution in [0.3, 0.4) is 0 Å². The molecule has 4 heterocycles. The van der Waals surface area contributed by atoms with Crippen molar-refractivity contribution in [2.24, 2.45) is 0 Å². The maximum absolute atomic E-state index is 13.7. The second-order valence-electron chi connectivity index (χ2n) is 9.56. The largest absolute Gasteiger partial charge is 0.466 e. The lowest BCUT2D eigenvalue weighted by Crippen LogP contribution is -2.44. The summed E-state index contributed by atoms with van der Waals surface area (Å²) >= 11 is 0. The summed E-state index contributed by atoms with van der Waals surface area (Å²) in [6.07, 6.45) is 1.74. The predicted molar refractivity (Wildman–Crippen MR) is 139 cm³/mol. The summed E-state index contributed by atoms with van der Waals surface area (Å²) in [6.45, 7) is 11.8. The molecule has 1 aromatic carbocycles. The van der Waals surface area contributed by atoms with Crippen LogP contribution in [0.1, 0.15) is 41.8 Å². The number of para-hydroxylation sites is 2. The molecule has 3 aromatic heterocycles. The van der Waals surface area contributed by atoms with E-state index in [0.717, 1.165) is 60.0 Å². The molecule has 1 aliphatic heterocycles. The first-order valence-electron chi connectivity index (χ1n) is 12.1. The summed E-state index contributed by atoms with van der Waals surface area (Å²) in [7, 11) is 2.14. The third-order valence-electron chi connectivity index (χ3n) is 6.61. The smallest absolute Gasteiger partial charge is 0.256 e. The Morgan fingerprint density at radius 3 is 2.51 bits per heavy atom. The van der Waals surface area contributed by atoms with Gasteiger partial charge in [0.1, 0.15) is 11.5 Å². The Hall–Kier alpha value is -3.65. The molecule has 1 aliphatic rings. The van der Waals surface area contributed by atoms with Gasteiger partial charge in [0.15, 0.2) is 5.65 Å². The molecular weight excluding hydrogens is 440 g/mol. The molecule has 5 rings (SSSR count). The highest BCUT2D eigenvalue weighted by molar-refractivity contribution is 6.13. The molecule has 1 N–H and O–H groups in total. The predicted octanol–water partition coefficient (Wildman–Crippen LogP) is 4.89. The van der Waals surface area contributed by atoms with E-state index in [4.69, 9.17) is 9.40 Å². The van der Waals surface area contributed by atoms with Gasteiger partial charge in [0, 0.05) is 37.8 Å². The van der Waals surface area contributed by atoms with Crippen molar-refractivity contribution in [1.82, 2.24) is 19.7 Å². The Kier molecular flexibility index (Phi) is 6.06. The molecule has 182 valence electrons. The van der Waals surface area contributed by atoms with Crippen LogP contribution in [-0.4, -0.2) is 58.8 Å². The number of nitrogens with zero attached hydrogens (tertiary/aromatic N) is 5. The number of furan rings is 1. The van der Waals surface area contributed by atoms with E-state index < -0.39 is 0 Å². The molecule has 8 heteroatoms. The maximum Gasteiger partial charge on any atom is 0.256 e. The zero-order chi connectivity index (χ0) is 24.7. The minimum atomic E-state index is -0.179. The molecule has 0 saturated carbocycles. The van der Waals surface area contributed by atoms with E-state index >= 15 is 0 Å². The van der Waals surface area contributed by atoms with Crippen molar-refractivity contribution in [2.75, 3.05) is 43.4 Å². The lowest BCUT2D eigenvalue weighted by Gasteiger charge is -2.35. The number of likely N-dealkylation sites (N-methyl/N-ethyl adjacent to an activating group) is 1. The number of nitrogens with one attached hydrogen (secondary N) is 1. The lowest BCUT2D eigenvalue weighted by atomic mass is 10.1. The van der Waals surface area contributed by atoms with Gasteiger partial charge < -0.3 is 19.5 Å². The van der Waals surface area contributed by atoms with Crippen LogP contribution in [0.4, 0.5) is 11.4 Å². The molecule has 0 spiro atoms. The van der Waals surface area contributed by atoms with Gasteiger partial charge in [-0.1, -0.05) is 12.1 Å². The summed E-state index contributed by atoms with van der Waals surface area (Å²) < 4.78 is 7.61. The average Bonchev–Trinajstić information content (AvgIpc) is 3.41. The SMILES string of the molecule is Cc1cc(-c2cc(C(=O)Nc3ccccc3N3CCN(C)CC3)c3cnn(C(C)C)c3n2)c(C)o1. The molecule has 8 nitrogen and oxygen atoms in total. The van der Waals surface area contributed by atoms with Gasteiger partial charge in [-0.15, -0.1) is 0 Å². The molecule has 35 heavy (non-hydrogen) atoms. The van der Waals surface area contributed by atoms with Crippen LogP contribution < -0.4 is 10.2 Å². The monoisotopic (exact) mass is 472 g/mol. The van der Waals surface area contributed by atoms with Crippen LogP contribution in [-0.2, 0) is 0 Å². The summed E-state index contributed by atoms with van der Waals surface area (Å²) in [5.74, 6) is 1.40. The summed E-state index contributed by atoms with van der Waals surface area (Å²) in [4.78, 5) is 23.3. The summed E-state index contributed by atoms with van der Waals surface area (Å²) in [5, 5.41) is 8.46. The molecular formula is C27H32N6O2. The number of rotatable bonds is 5. The molecule has 1 amide bonds. The third-order valence-corrected chi connectivity index (χ3v) is 6.61. The van der Waals surface area contributed by atoms with Gasteiger partial charge in [0.2, 0.25) is 0 Å². The van der Waals surface area contributed by atoms with Crippen molar-refractivity contribution in [3.8, 4) is 11.3 Å².